The number of nitrogens with zero attached hydrogens (tertiary/aromatic N) is 4. The number of ether oxygens (including phenoxy) is 1. The zero-order chi connectivity index (χ0) is 27.8. The molecule has 2 aliphatic rings. The van der Waals surface area contributed by atoms with Crippen LogP contribution in [0.25, 0.3) is 0 Å². The quantitative estimate of drug-likeness (QED) is 0.208. The molecule has 0 unspecified atom stereocenters. The van der Waals surface area contributed by atoms with Crippen molar-refractivity contribution in [3.63, 3.8) is 0 Å². The van der Waals surface area contributed by atoms with Gasteiger partial charge in [-0.05, 0) is 56.0 Å². The van der Waals surface area contributed by atoms with Crippen LogP contribution in [0.15, 0.2) is 47.5 Å². The summed E-state index contributed by atoms with van der Waals surface area (Å²) >= 11 is 6.53. The summed E-state index contributed by atoms with van der Waals surface area (Å²) in [5.41, 5.74) is 8.59. The summed E-state index contributed by atoms with van der Waals surface area (Å²) in [5.74, 6) is -0.172. The molecular formula is C28H34ClN7O3. The predicted octanol–water partition coefficient (Wildman–Crippen LogP) is 3.40. The van der Waals surface area contributed by atoms with Crippen molar-refractivity contribution in [3.05, 3.63) is 53.1 Å². The van der Waals surface area contributed by atoms with E-state index in [0.717, 1.165) is 38.8 Å². The number of para-hydroxylation sites is 1. The van der Waals surface area contributed by atoms with Crippen molar-refractivity contribution in [1.29, 1.82) is 5.26 Å². The van der Waals surface area contributed by atoms with Gasteiger partial charge in [-0.25, -0.2) is 4.99 Å². The molecule has 2 aromatic rings. The Morgan fingerprint density at radius 1 is 1.15 bits per heavy atom. The fourth-order valence-corrected chi connectivity index (χ4v) is 5.28. The smallest absolute Gasteiger partial charge is 0.247 e. The molecule has 2 saturated heterocycles. The van der Waals surface area contributed by atoms with Gasteiger partial charge in [0.15, 0.2) is 6.19 Å². The number of benzene rings is 2. The Bertz CT molecular complexity index is 1250. The van der Waals surface area contributed by atoms with E-state index in [0.29, 0.717) is 29.4 Å². The molecule has 206 valence electrons. The van der Waals surface area contributed by atoms with Gasteiger partial charge in [0.05, 0.1) is 5.02 Å². The van der Waals surface area contributed by atoms with E-state index in [4.69, 9.17) is 27.3 Å². The van der Waals surface area contributed by atoms with Crippen molar-refractivity contribution in [2.24, 2.45) is 10.7 Å². The molecule has 0 aliphatic carbocycles. The minimum absolute atomic E-state index is 0.0603. The van der Waals surface area contributed by atoms with Crippen LogP contribution in [0.1, 0.15) is 37.7 Å². The first kappa shape index (κ1) is 28.0. The third kappa shape index (κ3) is 7.33. The number of anilines is 2. The Morgan fingerprint density at radius 3 is 2.64 bits per heavy atom. The molecule has 2 amide bonds. The normalized spacial score (nSPS) is 18.3. The minimum Gasteiger partial charge on any atom is -0.489 e. The Hall–Kier alpha value is -3.97. The van der Waals surface area contributed by atoms with Crippen molar-refractivity contribution in [2.75, 3.05) is 36.4 Å². The molecule has 0 radical (unpaired) electrons. The molecule has 11 heteroatoms. The molecule has 2 fully saturated rings. The number of nitrogens with two attached hydrogens (primary N) is 1. The Kier molecular flexibility index (Phi) is 9.49. The van der Waals surface area contributed by atoms with E-state index in [1.165, 1.54) is 16.2 Å². The van der Waals surface area contributed by atoms with E-state index in [-0.39, 0.29) is 30.4 Å². The van der Waals surface area contributed by atoms with Crippen LogP contribution < -0.4 is 26.0 Å². The summed E-state index contributed by atoms with van der Waals surface area (Å²) in [6.45, 7) is 4.15. The molecule has 2 aliphatic heterocycles. The first-order chi connectivity index (χ1) is 18.9. The molecule has 0 saturated carbocycles. The molecule has 0 aromatic heterocycles. The lowest BCUT2D eigenvalue weighted by atomic mass is 10.0. The van der Waals surface area contributed by atoms with Gasteiger partial charge in [-0.15, -0.1) is 0 Å². The predicted molar refractivity (Wildman–Crippen MR) is 152 cm³/mol. The number of likely N-dealkylation sites (tertiary alicyclic amines) is 1. The van der Waals surface area contributed by atoms with Crippen molar-refractivity contribution in [3.8, 4) is 11.9 Å². The van der Waals surface area contributed by atoms with E-state index >= 15 is 0 Å². The van der Waals surface area contributed by atoms with E-state index in [1.807, 2.05) is 0 Å². The maximum atomic E-state index is 13.1. The second kappa shape index (κ2) is 13.2. The van der Waals surface area contributed by atoms with Crippen LogP contribution in [-0.4, -0.2) is 61.0 Å². The topological polar surface area (TPSA) is 136 Å². The van der Waals surface area contributed by atoms with E-state index in [1.54, 1.807) is 24.4 Å². The molecule has 2 aromatic carbocycles. The molecule has 1 atom stereocenters. The number of carbonyl (C=O) groups is 2. The van der Waals surface area contributed by atoms with Crippen molar-refractivity contribution in [1.82, 2.24) is 10.2 Å². The second-order valence-electron chi connectivity index (χ2n) is 9.76. The molecule has 39 heavy (non-hydrogen) atoms. The lowest BCUT2D eigenvalue weighted by Gasteiger charge is -2.35. The fourth-order valence-electron chi connectivity index (χ4n) is 5.06. The summed E-state index contributed by atoms with van der Waals surface area (Å²) < 4.78 is 6.22. The van der Waals surface area contributed by atoms with Crippen LogP contribution >= 0.6 is 11.6 Å². The average molecular weight is 552 g/mol. The highest BCUT2D eigenvalue weighted by atomic mass is 35.5. The van der Waals surface area contributed by atoms with Gasteiger partial charge in [0.1, 0.15) is 24.4 Å². The summed E-state index contributed by atoms with van der Waals surface area (Å²) in [4.78, 5) is 33.6. The number of amides is 2. The number of piperidine rings is 2. The lowest BCUT2D eigenvalue weighted by molar-refractivity contribution is -0.139. The van der Waals surface area contributed by atoms with Gasteiger partial charge in [-0.2, -0.15) is 5.26 Å². The third-order valence-electron chi connectivity index (χ3n) is 7.09. The monoisotopic (exact) mass is 551 g/mol. The van der Waals surface area contributed by atoms with Gasteiger partial charge in [0.2, 0.25) is 17.8 Å². The molecule has 4 rings (SSSR count). The van der Waals surface area contributed by atoms with Crippen LogP contribution in [0.5, 0.6) is 5.75 Å². The Labute approximate surface area is 233 Å². The molecule has 4 N–H and O–H groups in total. The lowest BCUT2D eigenvalue weighted by Crippen LogP contribution is -2.51. The average Bonchev–Trinajstić information content (AvgIpc) is 2.94. The van der Waals surface area contributed by atoms with Crippen molar-refractivity contribution >= 4 is 40.7 Å². The first-order valence-electron chi connectivity index (χ1n) is 13.2. The SMILES string of the molecule is Cc1ccccc1N1CCC(Oc2ccc(NC(=O)[C@H]3CCCCN3C(=O)CN=C(N)NC#N)cc2Cl)CC1. The number of halogens is 1. The highest BCUT2D eigenvalue weighted by Crippen LogP contribution is 2.32. The van der Waals surface area contributed by atoms with Gasteiger partial charge in [0, 0.05) is 43.9 Å². The summed E-state index contributed by atoms with van der Waals surface area (Å²) in [5, 5.41) is 14.1. The highest BCUT2D eigenvalue weighted by molar-refractivity contribution is 6.32. The van der Waals surface area contributed by atoms with Crippen molar-refractivity contribution < 1.29 is 14.3 Å². The maximum Gasteiger partial charge on any atom is 0.247 e. The fraction of sp³-hybridized carbons (Fsp3) is 0.429. The van der Waals surface area contributed by atoms with E-state index in [2.05, 4.69) is 51.7 Å². The van der Waals surface area contributed by atoms with E-state index in [9.17, 15) is 9.59 Å². The number of aryl methyl sites for hydroxylation is 1. The molecule has 2 heterocycles. The Morgan fingerprint density at radius 2 is 1.92 bits per heavy atom. The van der Waals surface area contributed by atoms with Crippen LogP contribution in [-0.2, 0) is 9.59 Å². The standard InChI is InChI=1S/C28H34ClN7O3/c1-19-6-2-3-7-23(19)35-14-11-21(12-15-35)39-25-10-9-20(16-22(25)29)34-27(38)24-8-4-5-13-36(24)26(37)17-32-28(31)33-18-30/h2-3,6-7,9-10,16,21,24H,4-5,8,11-15,17H2,1H3,(H,34,38)(H3,31,32,33)/t24-/m1/s1. The van der Waals surface area contributed by atoms with Crippen LogP contribution in [0.3, 0.4) is 0 Å². The number of nitriles is 1. The van der Waals surface area contributed by atoms with Crippen molar-refractivity contribution in [2.45, 2.75) is 51.2 Å². The zero-order valence-electron chi connectivity index (χ0n) is 22.0. The number of rotatable bonds is 7. The van der Waals surface area contributed by atoms with Crippen LogP contribution in [0.2, 0.25) is 5.02 Å². The number of hydrogen-bond acceptors (Lipinski definition) is 6. The third-order valence-corrected chi connectivity index (χ3v) is 7.38. The highest BCUT2D eigenvalue weighted by Gasteiger charge is 2.32. The van der Waals surface area contributed by atoms with Gasteiger partial charge >= 0.3 is 0 Å². The number of hydrogen-bond donors (Lipinski definition) is 3. The molecule has 10 nitrogen and oxygen atoms in total. The minimum atomic E-state index is -0.625. The molecule has 0 bridgehead atoms. The van der Waals surface area contributed by atoms with Crippen LogP contribution in [0, 0.1) is 18.4 Å². The number of carbonyl (C=O) groups excluding carboxylic acids is 2. The number of nitrogens with one attached hydrogen (secondary N) is 2. The van der Waals surface area contributed by atoms with Gasteiger partial charge in [-0.1, -0.05) is 29.8 Å². The number of guanidine groups is 1. The Balaban J connectivity index is 1.32. The summed E-state index contributed by atoms with van der Waals surface area (Å²) in [7, 11) is 0. The molecule has 0 spiro atoms. The van der Waals surface area contributed by atoms with E-state index < -0.39 is 6.04 Å². The van der Waals surface area contributed by atoms with Gasteiger partial charge in [-0.3, -0.25) is 14.9 Å². The second-order valence-corrected chi connectivity index (χ2v) is 10.2. The zero-order valence-corrected chi connectivity index (χ0v) is 22.8. The summed E-state index contributed by atoms with van der Waals surface area (Å²) in [6.07, 6.45) is 5.66. The first-order valence-corrected chi connectivity index (χ1v) is 13.6. The van der Waals surface area contributed by atoms with Gasteiger partial charge in [0.25, 0.3) is 0 Å². The van der Waals surface area contributed by atoms with Gasteiger partial charge < -0.3 is 25.6 Å². The largest absolute Gasteiger partial charge is 0.489 e. The maximum absolute atomic E-state index is 13.1. The number of aliphatic imine (C=N–C) groups is 1. The molecular weight excluding hydrogens is 518 g/mol. The van der Waals surface area contributed by atoms with Crippen LogP contribution in [0.4, 0.5) is 11.4 Å². The summed E-state index contributed by atoms with van der Waals surface area (Å²) in [6, 6.07) is 13.0.